The summed E-state index contributed by atoms with van der Waals surface area (Å²) in [6, 6.07) is 5.76. The first-order valence-corrected chi connectivity index (χ1v) is 5.56. The summed E-state index contributed by atoms with van der Waals surface area (Å²) in [5.41, 5.74) is 5.36. The highest BCUT2D eigenvalue weighted by Crippen LogP contribution is 2.21. The number of nitrogens with one attached hydrogen (secondary N) is 1. The van der Waals surface area contributed by atoms with Gasteiger partial charge >= 0.3 is 5.69 Å². The number of pyridine rings is 1. The van der Waals surface area contributed by atoms with Gasteiger partial charge in [-0.05, 0) is 12.1 Å². The molecule has 0 radical (unpaired) electrons. The third-order valence-electron chi connectivity index (χ3n) is 2.57. The number of nitrogens with zero attached hydrogens (tertiary/aromatic N) is 2. The van der Waals surface area contributed by atoms with Crippen LogP contribution in [0.15, 0.2) is 30.3 Å². The van der Waals surface area contributed by atoms with Crippen LogP contribution < -0.4 is 11.1 Å². The van der Waals surface area contributed by atoms with Crippen molar-refractivity contribution in [2.45, 2.75) is 6.54 Å². The Hall–Kier alpha value is -2.77. The summed E-state index contributed by atoms with van der Waals surface area (Å²) in [5, 5.41) is 13.3. The second-order valence-corrected chi connectivity index (χ2v) is 3.95. The summed E-state index contributed by atoms with van der Waals surface area (Å²) < 4.78 is 26.1. The Kier molecular flexibility index (Phi) is 3.74. The number of aromatic nitrogens is 1. The van der Waals surface area contributed by atoms with E-state index in [1.54, 1.807) is 0 Å². The van der Waals surface area contributed by atoms with Gasteiger partial charge in [0, 0.05) is 24.2 Å². The van der Waals surface area contributed by atoms with E-state index in [1.165, 1.54) is 18.2 Å². The number of halogens is 2. The topological polar surface area (TPSA) is 94.1 Å². The Bertz CT molecular complexity index is 664. The van der Waals surface area contributed by atoms with E-state index in [9.17, 15) is 18.9 Å². The van der Waals surface area contributed by atoms with E-state index in [0.29, 0.717) is 0 Å². The zero-order chi connectivity index (χ0) is 14.7. The molecule has 0 unspecified atom stereocenters. The lowest BCUT2D eigenvalue weighted by atomic mass is 10.2. The molecule has 0 aliphatic rings. The molecule has 0 spiro atoms. The molecule has 8 heteroatoms. The summed E-state index contributed by atoms with van der Waals surface area (Å²) >= 11 is 0. The number of hydrogen-bond donors (Lipinski definition) is 2. The maximum atomic E-state index is 13.4. The van der Waals surface area contributed by atoms with E-state index < -0.39 is 16.6 Å². The zero-order valence-electron chi connectivity index (χ0n) is 10.1. The normalized spacial score (nSPS) is 10.3. The van der Waals surface area contributed by atoms with Crippen LogP contribution in [-0.2, 0) is 6.54 Å². The van der Waals surface area contributed by atoms with Gasteiger partial charge in [-0.2, -0.15) is 0 Å². The molecule has 0 aliphatic heterocycles. The molecule has 1 aromatic heterocycles. The fourth-order valence-corrected chi connectivity index (χ4v) is 1.57. The Balaban J connectivity index is 2.11. The van der Waals surface area contributed by atoms with Gasteiger partial charge in [-0.1, -0.05) is 6.07 Å². The van der Waals surface area contributed by atoms with Gasteiger partial charge in [-0.3, -0.25) is 10.1 Å². The number of rotatable bonds is 4. The van der Waals surface area contributed by atoms with Crippen molar-refractivity contribution >= 4 is 17.3 Å². The van der Waals surface area contributed by atoms with E-state index in [0.717, 1.165) is 12.1 Å². The standard InChI is InChI=1S/C12H10F2N4O2/c13-8-2-1-7(9(14)5-8)6-16-11-4-3-10(18(19)20)12(15)17-11/h1-5H,6H2,(H3,15,16,17). The molecule has 0 saturated carbocycles. The van der Waals surface area contributed by atoms with Crippen LogP contribution in [0, 0.1) is 21.7 Å². The average molecular weight is 280 g/mol. The van der Waals surface area contributed by atoms with Crippen molar-refractivity contribution in [1.29, 1.82) is 0 Å². The molecule has 1 heterocycles. The van der Waals surface area contributed by atoms with Crippen LogP contribution in [-0.4, -0.2) is 9.91 Å². The zero-order valence-corrected chi connectivity index (χ0v) is 10.1. The van der Waals surface area contributed by atoms with Crippen molar-refractivity contribution < 1.29 is 13.7 Å². The van der Waals surface area contributed by atoms with Crippen molar-refractivity contribution in [3.8, 4) is 0 Å². The van der Waals surface area contributed by atoms with Crippen molar-refractivity contribution in [1.82, 2.24) is 4.98 Å². The molecule has 2 aromatic rings. The van der Waals surface area contributed by atoms with E-state index in [4.69, 9.17) is 5.73 Å². The minimum atomic E-state index is -0.688. The molecule has 0 saturated heterocycles. The molecular weight excluding hydrogens is 270 g/mol. The monoisotopic (exact) mass is 280 g/mol. The number of anilines is 2. The van der Waals surface area contributed by atoms with Gasteiger partial charge in [0.15, 0.2) is 0 Å². The van der Waals surface area contributed by atoms with Gasteiger partial charge in [-0.15, -0.1) is 0 Å². The third-order valence-corrected chi connectivity index (χ3v) is 2.57. The highest BCUT2D eigenvalue weighted by molar-refractivity contribution is 5.57. The minimum absolute atomic E-state index is 0.0519. The minimum Gasteiger partial charge on any atom is -0.378 e. The van der Waals surface area contributed by atoms with Crippen LogP contribution in [0.5, 0.6) is 0 Å². The number of nitrogens with two attached hydrogens (primary N) is 1. The second kappa shape index (κ2) is 5.47. The molecule has 104 valence electrons. The van der Waals surface area contributed by atoms with Crippen LogP contribution in [0.2, 0.25) is 0 Å². The van der Waals surface area contributed by atoms with Gasteiger partial charge in [0.2, 0.25) is 5.82 Å². The molecule has 2 rings (SSSR count). The van der Waals surface area contributed by atoms with Crippen LogP contribution in [0.3, 0.4) is 0 Å². The molecule has 3 N–H and O–H groups in total. The van der Waals surface area contributed by atoms with Gasteiger partial charge in [-0.25, -0.2) is 13.8 Å². The smallest absolute Gasteiger partial charge is 0.311 e. The molecule has 20 heavy (non-hydrogen) atoms. The van der Waals surface area contributed by atoms with Gasteiger partial charge < -0.3 is 11.1 Å². The van der Waals surface area contributed by atoms with Crippen LogP contribution in [0.4, 0.5) is 26.1 Å². The quantitative estimate of drug-likeness (QED) is 0.662. The third kappa shape index (κ3) is 2.97. The summed E-state index contributed by atoms with van der Waals surface area (Å²) in [5.74, 6) is -1.33. The Morgan fingerprint density at radius 3 is 2.65 bits per heavy atom. The molecule has 6 nitrogen and oxygen atoms in total. The van der Waals surface area contributed by atoms with Crippen molar-refractivity contribution in [2.75, 3.05) is 11.1 Å². The molecule has 0 aliphatic carbocycles. The molecule has 0 bridgehead atoms. The summed E-state index contributed by atoms with van der Waals surface area (Å²) in [4.78, 5) is 13.7. The van der Waals surface area contributed by atoms with Crippen molar-refractivity contribution in [2.24, 2.45) is 0 Å². The summed E-state index contributed by atoms with van der Waals surface area (Å²) in [6.45, 7) is 0.0519. The van der Waals surface area contributed by atoms with Gasteiger partial charge in [0.05, 0.1) is 4.92 Å². The first-order valence-electron chi connectivity index (χ1n) is 5.56. The number of benzene rings is 1. The Morgan fingerprint density at radius 2 is 2.05 bits per heavy atom. The first-order chi connectivity index (χ1) is 9.47. The number of nitro groups is 1. The SMILES string of the molecule is Nc1nc(NCc2ccc(F)cc2F)ccc1[N+](=O)[O-]. The van der Waals surface area contributed by atoms with E-state index in [2.05, 4.69) is 10.3 Å². The fourth-order valence-electron chi connectivity index (χ4n) is 1.57. The van der Waals surface area contributed by atoms with Crippen molar-refractivity contribution in [3.05, 3.63) is 57.6 Å². The summed E-state index contributed by atoms with van der Waals surface area (Å²) in [6.07, 6.45) is 0. The first kappa shape index (κ1) is 13.7. The Labute approximate surface area is 112 Å². The number of hydrogen-bond acceptors (Lipinski definition) is 5. The van der Waals surface area contributed by atoms with Crippen LogP contribution in [0.1, 0.15) is 5.56 Å². The van der Waals surface area contributed by atoms with Gasteiger partial charge in [0.1, 0.15) is 17.5 Å². The highest BCUT2D eigenvalue weighted by Gasteiger charge is 2.13. The molecule has 1 aromatic carbocycles. The lowest BCUT2D eigenvalue weighted by Gasteiger charge is -2.07. The van der Waals surface area contributed by atoms with Crippen molar-refractivity contribution in [3.63, 3.8) is 0 Å². The molecule has 0 amide bonds. The molecule has 0 fully saturated rings. The van der Waals surface area contributed by atoms with Crippen LogP contribution in [0.25, 0.3) is 0 Å². The summed E-state index contributed by atoms with van der Waals surface area (Å²) in [7, 11) is 0. The van der Waals surface area contributed by atoms with Crippen LogP contribution >= 0.6 is 0 Å². The number of nitrogen functional groups attached to an aromatic ring is 1. The maximum absolute atomic E-state index is 13.4. The second-order valence-electron chi connectivity index (χ2n) is 3.95. The predicted molar refractivity (Wildman–Crippen MR) is 69.0 cm³/mol. The molecular formula is C12H10F2N4O2. The van der Waals surface area contributed by atoms with E-state index in [1.807, 2.05) is 0 Å². The van der Waals surface area contributed by atoms with E-state index in [-0.39, 0.29) is 29.4 Å². The lowest BCUT2D eigenvalue weighted by Crippen LogP contribution is -2.06. The van der Waals surface area contributed by atoms with E-state index >= 15 is 0 Å². The largest absolute Gasteiger partial charge is 0.378 e. The predicted octanol–water partition coefficient (Wildman–Crippen LogP) is 2.46. The lowest BCUT2D eigenvalue weighted by molar-refractivity contribution is -0.384. The Morgan fingerprint density at radius 1 is 1.30 bits per heavy atom. The average Bonchev–Trinajstić information content (AvgIpc) is 2.37. The molecule has 0 atom stereocenters. The maximum Gasteiger partial charge on any atom is 0.311 e. The van der Waals surface area contributed by atoms with Gasteiger partial charge in [0.25, 0.3) is 0 Å². The fraction of sp³-hybridized carbons (Fsp3) is 0.0833. The highest BCUT2D eigenvalue weighted by atomic mass is 19.1.